The van der Waals surface area contributed by atoms with Gasteiger partial charge in [-0.1, -0.05) is 44.5 Å². The van der Waals surface area contributed by atoms with E-state index >= 15 is 0 Å². The second-order valence-electron chi connectivity index (χ2n) is 7.73. The van der Waals surface area contributed by atoms with E-state index in [0.29, 0.717) is 5.56 Å². The lowest BCUT2D eigenvalue weighted by Gasteiger charge is -2.19. The molecule has 0 aliphatic carbocycles. The summed E-state index contributed by atoms with van der Waals surface area (Å²) in [7, 11) is -3.85. The van der Waals surface area contributed by atoms with Crippen molar-refractivity contribution in [3.05, 3.63) is 77.0 Å². The van der Waals surface area contributed by atoms with E-state index in [1.54, 1.807) is 24.3 Å². The molecule has 0 saturated carbocycles. The lowest BCUT2D eigenvalue weighted by molar-refractivity contribution is 0.0991. The zero-order chi connectivity index (χ0) is 21.9. The average molecular weight is 445 g/mol. The third kappa shape index (κ3) is 5.20. The molecule has 0 radical (unpaired) electrons. The molecule has 0 unspecified atom stereocenters. The molecular weight excluding hydrogens is 424 g/mol. The second kappa shape index (κ2) is 8.49. The highest BCUT2D eigenvalue weighted by Crippen LogP contribution is 2.25. The first kappa shape index (κ1) is 21.9. The number of Topliss-reactive ketones (excluding diaryl/α,β-unsaturated/α-hetero) is 1. The van der Waals surface area contributed by atoms with Crippen molar-refractivity contribution in [1.82, 2.24) is 15.0 Å². The van der Waals surface area contributed by atoms with Gasteiger partial charge in [0.2, 0.25) is 0 Å². The Morgan fingerprint density at radius 3 is 2.27 bits per heavy atom. The Morgan fingerprint density at radius 1 is 1.03 bits per heavy atom. The number of pyridine rings is 1. The zero-order valence-corrected chi connectivity index (χ0v) is 18.3. The smallest absolute Gasteiger partial charge is 0.263 e. The number of anilines is 1. The van der Waals surface area contributed by atoms with Crippen molar-refractivity contribution in [1.29, 1.82) is 0 Å². The Labute approximate surface area is 180 Å². The van der Waals surface area contributed by atoms with Crippen LogP contribution in [0.15, 0.2) is 60.0 Å². The van der Waals surface area contributed by atoms with Gasteiger partial charge in [-0.25, -0.2) is 23.4 Å². The van der Waals surface area contributed by atoms with Crippen LogP contribution in [0.2, 0.25) is 5.02 Å². The summed E-state index contributed by atoms with van der Waals surface area (Å²) in [5.41, 5.74) is 1.52. The number of nitrogens with one attached hydrogen (secondary N) is 1. The van der Waals surface area contributed by atoms with Crippen LogP contribution in [-0.2, 0) is 21.9 Å². The van der Waals surface area contributed by atoms with Crippen LogP contribution in [0.3, 0.4) is 0 Å². The average Bonchev–Trinajstić information content (AvgIpc) is 2.70. The summed E-state index contributed by atoms with van der Waals surface area (Å²) >= 11 is 6.15. The van der Waals surface area contributed by atoms with Gasteiger partial charge < -0.3 is 0 Å². The maximum absolute atomic E-state index is 12.7. The van der Waals surface area contributed by atoms with Crippen LogP contribution < -0.4 is 4.72 Å². The predicted molar refractivity (Wildman–Crippen MR) is 115 cm³/mol. The van der Waals surface area contributed by atoms with Crippen molar-refractivity contribution < 1.29 is 13.2 Å². The van der Waals surface area contributed by atoms with E-state index in [4.69, 9.17) is 11.6 Å². The van der Waals surface area contributed by atoms with Crippen molar-refractivity contribution in [3.8, 4) is 0 Å². The molecule has 0 bridgehead atoms. The topological polar surface area (TPSA) is 102 Å². The quantitative estimate of drug-likeness (QED) is 0.575. The maximum Gasteiger partial charge on any atom is 0.263 e. The summed E-state index contributed by atoms with van der Waals surface area (Å²) in [6.45, 7) is 6.16. The minimum atomic E-state index is -3.85. The molecule has 0 aliphatic heterocycles. The Hall–Kier alpha value is -2.84. The van der Waals surface area contributed by atoms with Crippen molar-refractivity contribution in [2.45, 2.75) is 37.5 Å². The van der Waals surface area contributed by atoms with Crippen LogP contribution >= 0.6 is 11.6 Å². The van der Waals surface area contributed by atoms with Crippen LogP contribution in [0.5, 0.6) is 0 Å². The first-order chi connectivity index (χ1) is 14.1. The highest BCUT2D eigenvalue weighted by molar-refractivity contribution is 7.92. The summed E-state index contributed by atoms with van der Waals surface area (Å²) in [4.78, 5) is 24.3. The molecule has 1 aromatic carbocycles. The Balaban J connectivity index is 1.81. The number of hydrogen-bond donors (Lipinski definition) is 1. The number of carbonyl (C=O) groups excluding carboxylic acids is 1. The van der Waals surface area contributed by atoms with Gasteiger partial charge in [0.1, 0.15) is 12.1 Å². The number of sulfonamides is 1. The number of benzene rings is 1. The fourth-order valence-corrected chi connectivity index (χ4v) is 3.87. The minimum absolute atomic E-state index is 0.0754. The van der Waals surface area contributed by atoms with Gasteiger partial charge in [-0.2, -0.15) is 0 Å². The third-order valence-corrected chi connectivity index (χ3v) is 6.11. The first-order valence-corrected chi connectivity index (χ1v) is 11.0. The van der Waals surface area contributed by atoms with Gasteiger partial charge in [-0.3, -0.25) is 9.52 Å². The molecule has 0 saturated heterocycles. The Morgan fingerprint density at radius 2 is 1.67 bits per heavy atom. The normalized spacial score (nSPS) is 11.9. The molecule has 0 fully saturated rings. The summed E-state index contributed by atoms with van der Waals surface area (Å²) in [6, 6.07) is 9.63. The molecular formula is C21H21ClN4O3S. The molecule has 2 heterocycles. The Bertz CT molecular complexity index is 1160. The maximum atomic E-state index is 12.7. The lowest BCUT2D eigenvalue weighted by atomic mass is 9.87. The molecule has 0 amide bonds. The second-order valence-corrected chi connectivity index (χ2v) is 9.82. The zero-order valence-electron chi connectivity index (χ0n) is 16.8. The molecule has 0 aliphatic rings. The van der Waals surface area contributed by atoms with E-state index in [9.17, 15) is 13.2 Å². The van der Waals surface area contributed by atoms with Crippen LogP contribution in [0.25, 0.3) is 0 Å². The largest absolute Gasteiger partial charge is 0.294 e. The number of halogens is 1. The Kier molecular flexibility index (Phi) is 6.19. The van der Waals surface area contributed by atoms with Crippen LogP contribution in [-0.4, -0.2) is 29.2 Å². The highest BCUT2D eigenvalue weighted by atomic mass is 35.5. The molecule has 1 N–H and O–H groups in total. The van der Waals surface area contributed by atoms with Crippen molar-refractivity contribution >= 4 is 33.2 Å². The fraction of sp³-hybridized carbons (Fsp3) is 0.238. The molecule has 156 valence electrons. The SMILES string of the molecule is CC(C)(C)c1ccc(S(=O)(=O)Nc2ccc(Cl)c(CC(=O)c3cncnc3)n2)cc1. The highest BCUT2D eigenvalue weighted by Gasteiger charge is 2.19. The summed E-state index contributed by atoms with van der Waals surface area (Å²) < 4.78 is 27.9. The van der Waals surface area contributed by atoms with Gasteiger partial charge in [0.15, 0.2) is 5.78 Å². The van der Waals surface area contributed by atoms with Gasteiger partial charge in [-0.15, -0.1) is 0 Å². The monoisotopic (exact) mass is 444 g/mol. The number of aromatic nitrogens is 3. The molecule has 0 atom stereocenters. The molecule has 3 rings (SSSR count). The molecule has 30 heavy (non-hydrogen) atoms. The number of carbonyl (C=O) groups is 1. The van der Waals surface area contributed by atoms with Crippen molar-refractivity contribution in [2.75, 3.05) is 4.72 Å². The van der Waals surface area contributed by atoms with E-state index in [2.05, 4.69) is 40.4 Å². The summed E-state index contributed by atoms with van der Waals surface area (Å²) in [5.74, 6) is -0.200. The van der Waals surface area contributed by atoms with Gasteiger partial charge in [0.05, 0.1) is 27.6 Å². The van der Waals surface area contributed by atoms with E-state index < -0.39 is 10.0 Å². The van der Waals surface area contributed by atoms with Crippen LogP contribution in [0.1, 0.15) is 42.4 Å². The number of rotatable bonds is 6. The van der Waals surface area contributed by atoms with E-state index in [1.807, 2.05) is 0 Å². The predicted octanol–water partition coefficient (Wildman–Crippen LogP) is 4.05. The third-order valence-electron chi connectivity index (χ3n) is 4.40. The van der Waals surface area contributed by atoms with Crippen molar-refractivity contribution in [2.24, 2.45) is 0 Å². The van der Waals surface area contributed by atoms with E-state index in [-0.39, 0.29) is 39.0 Å². The summed E-state index contributed by atoms with van der Waals surface area (Å²) in [5, 5.41) is 0.262. The molecule has 0 spiro atoms. The molecule has 7 nitrogen and oxygen atoms in total. The van der Waals surface area contributed by atoms with E-state index in [1.165, 1.54) is 30.9 Å². The molecule has 9 heteroatoms. The lowest BCUT2D eigenvalue weighted by Crippen LogP contribution is -2.16. The van der Waals surface area contributed by atoms with Crippen LogP contribution in [0.4, 0.5) is 5.82 Å². The van der Waals surface area contributed by atoms with Crippen molar-refractivity contribution in [3.63, 3.8) is 0 Å². The van der Waals surface area contributed by atoms with E-state index in [0.717, 1.165) is 5.56 Å². The van der Waals surface area contributed by atoms with Crippen LogP contribution in [0, 0.1) is 0 Å². The van der Waals surface area contributed by atoms with Gasteiger partial charge >= 0.3 is 0 Å². The standard InChI is InChI=1S/C21H21ClN4O3S/c1-21(2,3)15-4-6-16(7-5-15)30(28,29)26-20-9-8-17(22)18(25-20)10-19(27)14-11-23-13-24-12-14/h4-9,11-13H,10H2,1-3H3,(H,25,26). The first-order valence-electron chi connectivity index (χ1n) is 9.13. The number of nitrogens with zero attached hydrogens (tertiary/aromatic N) is 3. The molecule has 3 aromatic rings. The fourth-order valence-electron chi connectivity index (χ4n) is 2.69. The number of ketones is 1. The number of hydrogen-bond acceptors (Lipinski definition) is 6. The van der Waals surface area contributed by atoms with Gasteiger partial charge in [0.25, 0.3) is 10.0 Å². The summed E-state index contributed by atoms with van der Waals surface area (Å²) in [6.07, 6.45) is 4.02. The van der Waals surface area contributed by atoms with Gasteiger partial charge in [-0.05, 0) is 35.2 Å². The minimum Gasteiger partial charge on any atom is -0.294 e. The van der Waals surface area contributed by atoms with Gasteiger partial charge in [0, 0.05) is 12.4 Å². The molecule has 2 aromatic heterocycles.